The van der Waals surface area contributed by atoms with Gasteiger partial charge in [-0.25, -0.2) is 0 Å². The molecule has 0 saturated heterocycles. The molecule has 2 atom stereocenters. The summed E-state index contributed by atoms with van der Waals surface area (Å²) in [4.78, 5) is 0. The van der Waals surface area contributed by atoms with Crippen LogP contribution in [0.2, 0.25) is 0 Å². The van der Waals surface area contributed by atoms with Gasteiger partial charge in [0.1, 0.15) is 11.9 Å². The molecule has 1 heterocycles. The van der Waals surface area contributed by atoms with Crippen molar-refractivity contribution in [3.63, 3.8) is 0 Å². The number of para-hydroxylation sites is 1. The van der Waals surface area contributed by atoms with Crippen LogP contribution in [-0.4, -0.2) is 6.10 Å². The highest BCUT2D eigenvalue weighted by atomic mass is 16.5. The lowest BCUT2D eigenvalue weighted by atomic mass is 9.84. The van der Waals surface area contributed by atoms with Crippen LogP contribution in [-0.2, 0) is 0 Å². The summed E-state index contributed by atoms with van der Waals surface area (Å²) in [6.07, 6.45) is 6.99. The van der Waals surface area contributed by atoms with Gasteiger partial charge >= 0.3 is 0 Å². The Morgan fingerprint density at radius 2 is 1.28 bits per heavy atom. The summed E-state index contributed by atoms with van der Waals surface area (Å²) in [7, 11) is 0. The normalized spacial score (nSPS) is 18.2. The third kappa shape index (κ3) is 3.02. The summed E-state index contributed by atoms with van der Waals surface area (Å²) in [5.74, 6) is 1.54. The Labute approximate surface area is 227 Å². The number of fused-ring (bicyclic) bond motifs is 4. The number of rotatable bonds is 2. The molecule has 0 fully saturated rings. The number of ether oxygens (including phenoxy) is 1. The van der Waals surface area contributed by atoms with Crippen molar-refractivity contribution in [1.29, 1.82) is 0 Å². The molecular formula is C38H26O. The van der Waals surface area contributed by atoms with Crippen LogP contribution in [0.4, 0.5) is 0 Å². The Kier molecular flexibility index (Phi) is 4.34. The zero-order chi connectivity index (χ0) is 25.5. The molecule has 0 radical (unpaired) electrons. The van der Waals surface area contributed by atoms with E-state index in [0.717, 1.165) is 18.6 Å². The molecule has 0 spiro atoms. The van der Waals surface area contributed by atoms with E-state index in [2.05, 4.69) is 121 Å². The molecule has 2 aliphatic rings. The second-order valence-electron chi connectivity index (χ2n) is 11.1. The molecule has 7 aromatic rings. The maximum absolute atomic E-state index is 6.61. The second kappa shape index (κ2) is 7.94. The van der Waals surface area contributed by atoms with Crippen molar-refractivity contribution in [2.75, 3.05) is 0 Å². The Balaban J connectivity index is 1.30. The first-order chi connectivity index (χ1) is 19.3. The zero-order valence-electron chi connectivity index (χ0n) is 21.5. The predicted octanol–water partition coefficient (Wildman–Crippen LogP) is 10.3. The van der Waals surface area contributed by atoms with Crippen molar-refractivity contribution in [1.82, 2.24) is 0 Å². The molecule has 184 valence electrons. The van der Waals surface area contributed by atoms with Gasteiger partial charge in [0.25, 0.3) is 0 Å². The SMILES string of the molecule is C1=CC2Oc3c(-c4ccc5ccc6c(-c7ccc8ccccc8c7)ccc7ccc4c5c76)cccc3C2CC1. The third-order valence-electron chi connectivity index (χ3n) is 9.08. The lowest BCUT2D eigenvalue weighted by Crippen LogP contribution is -2.18. The van der Waals surface area contributed by atoms with E-state index in [0.29, 0.717) is 5.92 Å². The summed E-state index contributed by atoms with van der Waals surface area (Å²) in [6, 6.07) is 40.6. The zero-order valence-corrected chi connectivity index (χ0v) is 21.5. The van der Waals surface area contributed by atoms with Gasteiger partial charge in [0.05, 0.1) is 0 Å². The summed E-state index contributed by atoms with van der Waals surface area (Å²) in [6.45, 7) is 0. The van der Waals surface area contributed by atoms with Crippen LogP contribution in [0.1, 0.15) is 24.3 Å². The van der Waals surface area contributed by atoms with Crippen molar-refractivity contribution in [2.24, 2.45) is 0 Å². The van der Waals surface area contributed by atoms with E-state index in [-0.39, 0.29) is 6.10 Å². The monoisotopic (exact) mass is 498 g/mol. The van der Waals surface area contributed by atoms with Crippen LogP contribution in [0.15, 0.2) is 121 Å². The third-order valence-corrected chi connectivity index (χ3v) is 9.08. The lowest BCUT2D eigenvalue weighted by molar-refractivity contribution is 0.245. The van der Waals surface area contributed by atoms with Crippen LogP contribution in [0.25, 0.3) is 65.3 Å². The summed E-state index contributed by atoms with van der Waals surface area (Å²) in [5.41, 5.74) is 6.38. The fourth-order valence-electron chi connectivity index (χ4n) is 7.23. The van der Waals surface area contributed by atoms with Crippen molar-refractivity contribution in [3.05, 3.63) is 127 Å². The van der Waals surface area contributed by atoms with Crippen LogP contribution in [0.5, 0.6) is 5.75 Å². The van der Waals surface area contributed by atoms with Gasteiger partial charge in [-0.3, -0.25) is 0 Å². The van der Waals surface area contributed by atoms with Gasteiger partial charge in [0.15, 0.2) is 0 Å². The van der Waals surface area contributed by atoms with Crippen LogP contribution < -0.4 is 4.74 Å². The largest absolute Gasteiger partial charge is 0.485 e. The minimum absolute atomic E-state index is 0.166. The van der Waals surface area contributed by atoms with Crippen molar-refractivity contribution in [3.8, 4) is 28.0 Å². The highest BCUT2D eigenvalue weighted by molar-refractivity contribution is 6.27. The Hall–Kier alpha value is -4.62. The second-order valence-corrected chi connectivity index (χ2v) is 11.1. The van der Waals surface area contributed by atoms with Crippen LogP contribution in [0, 0.1) is 0 Å². The number of allylic oxidation sites excluding steroid dienone is 1. The van der Waals surface area contributed by atoms with E-state index < -0.39 is 0 Å². The summed E-state index contributed by atoms with van der Waals surface area (Å²) < 4.78 is 6.61. The summed E-state index contributed by atoms with van der Waals surface area (Å²) >= 11 is 0. The smallest absolute Gasteiger partial charge is 0.131 e. The molecule has 2 unspecified atom stereocenters. The highest BCUT2D eigenvalue weighted by Gasteiger charge is 2.35. The van der Waals surface area contributed by atoms with E-state index in [1.807, 2.05) is 0 Å². The molecule has 39 heavy (non-hydrogen) atoms. The van der Waals surface area contributed by atoms with Gasteiger partial charge < -0.3 is 4.74 Å². The number of hydrogen-bond acceptors (Lipinski definition) is 1. The van der Waals surface area contributed by atoms with Gasteiger partial charge in [-0.05, 0) is 84.8 Å². The molecule has 1 aliphatic heterocycles. The van der Waals surface area contributed by atoms with E-state index in [1.165, 1.54) is 70.9 Å². The van der Waals surface area contributed by atoms with Crippen LogP contribution in [0.3, 0.4) is 0 Å². The minimum Gasteiger partial charge on any atom is -0.485 e. The molecule has 0 aromatic heterocycles. The average molecular weight is 499 g/mol. The van der Waals surface area contributed by atoms with E-state index in [1.54, 1.807) is 0 Å². The molecule has 1 nitrogen and oxygen atoms in total. The minimum atomic E-state index is 0.166. The van der Waals surface area contributed by atoms with Crippen molar-refractivity contribution < 1.29 is 4.74 Å². The average Bonchev–Trinajstić information content (AvgIpc) is 3.38. The maximum Gasteiger partial charge on any atom is 0.131 e. The molecule has 1 heteroatoms. The standard InChI is InChI=1S/C38H26O/c1-2-7-26-22-27(13-12-23(26)6-1)28-18-14-24-17-21-32-29(19-15-25-16-20-31(28)36(24)37(25)32)33-9-5-10-34-30-8-3-4-11-35(30)39-38(33)34/h1-2,4-7,9-22,30,35H,3,8H2. The first-order valence-electron chi connectivity index (χ1n) is 14.0. The molecule has 0 amide bonds. The summed E-state index contributed by atoms with van der Waals surface area (Å²) in [5, 5.41) is 10.4. The maximum atomic E-state index is 6.61. The predicted molar refractivity (Wildman–Crippen MR) is 164 cm³/mol. The van der Waals surface area contributed by atoms with Gasteiger partial charge in [-0.15, -0.1) is 0 Å². The highest BCUT2D eigenvalue weighted by Crippen LogP contribution is 2.50. The van der Waals surface area contributed by atoms with E-state index >= 15 is 0 Å². The number of hydrogen-bond donors (Lipinski definition) is 0. The van der Waals surface area contributed by atoms with Crippen molar-refractivity contribution in [2.45, 2.75) is 24.9 Å². The van der Waals surface area contributed by atoms with Gasteiger partial charge in [-0.1, -0.05) is 109 Å². The van der Waals surface area contributed by atoms with Gasteiger partial charge in [-0.2, -0.15) is 0 Å². The van der Waals surface area contributed by atoms with Gasteiger partial charge in [0, 0.05) is 17.0 Å². The van der Waals surface area contributed by atoms with Crippen LogP contribution >= 0.6 is 0 Å². The fourth-order valence-corrected chi connectivity index (χ4v) is 7.23. The van der Waals surface area contributed by atoms with Gasteiger partial charge in [0.2, 0.25) is 0 Å². The molecule has 0 bridgehead atoms. The fraction of sp³-hybridized carbons (Fsp3) is 0.105. The van der Waals surface area contributed by atoms with Crippen molar-refractivity contribution >= 4 is 43.1 Å². The molecule has 0 saturated carbocycles. The topological polar surface area (TPSA) is 9.23 Å². The number of benzene rings is 7. The van der Waals surface area contributed by atoms with E-state index in [4.69, 9.17) is 4.74 Å². The lowest BCUT2D eigenvalue weighted by Gasteiger charge is -2.18. The molecule has 9 rings (SSSR count). The van der Waals surface area contributed by atoms with E-state index in [9.17, 15) is 0 Å². The Morgan fingerprint density at radius 1 is 0.564 bits per heavy atom. The first kappa shape index (κ1) is 21.3. The quantitative estimate of drug-likeness (QED) is 0.170. The molecular weight excluding hydrogens is 472 g/mol. The molecule has 1 aliphatic carbocycles. The first-order valence-corrected chi connectivity index (χ1v) is 14.0. The molecule has 0 N–H and O–H groups in total. The Morgan fingerprint density at radius 3 is 2.13 bits per heavy atom. The Bertz CT molecular complexity index is 2110. The molecule has 7 aromatic carbocycles.